The van der Waals surface area contributed by atoms with Gasteiger partial charge in [-0.05, 0) is 28.9 Å². The molecule has 0 aliphatic heterocycles. The van der Waals surface area contributed by atoms with Gasteiger partial charge in [0.25, 0.3) is 0 Å². The minimum absolute atomic E-state index is 0.0440. The molecule has 6 nitrogen and oxygen atoms in total. The van der Waals surface area contributed by atoms with Gasteiger partial charge in [-0.25, -0.2) is 0 Å². The quantitative estimate of drug-likeness (QED) is 0.640. The van der Waals surface area contributed by atoms with Crippen molar-refractivity contribution in [1.82, 2.24) is 9.78 Å². The molecule has 0 saturated carbocycles. The number of nitro benzene ring substituents is 1. The monoisotopic (exact) mass is 325 g/mol. The summed E-state index contributed by atoms with van der Waals surface area (Å²) in [7, 11) is 1.80. The first-order chi connectivity index (χ1) is 9.00. The van der Waals surface area contributed by atoms with Crippen LogP contribution in [0.25, 0.3) is 0 Å². The Labute approximate surface area is 118 Å². The second-order valence-electron chi connectivity index (χ2n) is 3.98. The number of nitro groups is 1. The van der Waals surface area contributed by atoms with Gasteiger partial charge in [-0.3, -0.25) is 14.8 Å². The van der Waals surface area contributed by atoms with Gasteiger partial charge in [-0.2, -0.15) is 5.10 Å². The summed E-state index contributed by atoms with van der Waals surface area (Å²) in [5, 5.41) is 15.1. The van der Waals surface area contributed by atoms with Crippen molar-refractivity contribution >= 4 is 21.6 Å². The highest BCUT2D eigenvalue weighted by Crippen LogP contribution is 2.28. The number of aryl methyl sites for hydroxylation is 2. The number of benzene rings is 1. The van der Waals surface area contributed by atoms with Crippen LogP contribution in [-0.2, 0) is 13.7 Å². The highest BCUT2D eigenvalue weighted by atomic mass is 79.9. The van der Waals surface area contributed by atoms with Crippen molar-refractivity contribution in [3.05, 3.63) is 50.2 Å². The average Bonchev–Trinajstić information content (AvgIpc) is 2.61. The van der Waals surface area contributed by atoms with Gasteiger partial charge in [0.2, 0.25) is 0 Å². The smallest absolute Gasteiger partial charge is 0.310 e. The van der Waals surface area contributed by atoms with Crippen molar-refractivity contribution in [3.8, 4) is 5.75 Å². The topological polar surface area (TPSA) is 70.2 Å². The van der Waals surface area contributed by atoms with Crippen molar-refractivity contribution < 1.29 is 9.66 Å². The van der Waals surface area contributed by atoms with Crippen LogP contribution < -0.4 is 4.74 Å². The first-order valence-electron chi connectivity index (χ1n) is 5.55. The number of nitrogens with zero attached hydrogens (tertiary/aromatic N) is 3. The molecule has 0 atom stereocenters. The molecule has 0 amide bonds. The van der Waals surface area contributed by atoms with E-state index in [2.05, 4.69) is 21.0 Å². The van der Waals surface area contributed by atoms with Gasteiger partial charge in [0.1, 0.15) is 6.61 Å². The Hall–Kier alpha value is -1.89. The third kappa shape index (κ3) is 2.76. The molecule has 1 aromatic heterocycles. The maximum absolute atomic E-state index is 10.9. The van der Waals surface area contributed by atoms with Crippen LogP contribution >= 0.6 is 15.9 Å². The number of para-hydroxylation sites is 2. The van der Waals surface area contributed by atoms with Crippen LogP contribution in [0.4, 0.5) is 5.69 Å². The van der Waals surface area contributed by atoms with Crippen molar-refractivity contribution in [1.29, 1.82) is 0 Å². The number of ether oxygens (including phenoxy) is 1. The van der Waals surface area contributed by atoms with Crippen LogP contribution in [0.5, 0.6) is 5.75 Å². The molecule has 0 unspecified atom stereocenters. The SMILES string of the molecule is Cc1nn(C)c(COc2ccccc2[N+](=O)[O-])c1Br. The average molecular weight is 326 g/mol. The maximum atomic E-state index is 10.9. The number of aromatic nitrogens is 2. The third-order valence-corrected chi connectivity index (χ3v) is 3.72. The zero-order valence-corrected chi connectivity index (χ0v) is 12.0. The molecule has 0 spiro atoms. The number of rotatable bonds is 4. The molecule has 0 aliphatic rings. The molecule has 7 heteroatoms. The summed E-state index contributed by atoms with van der Waals surface area (Å²) in [6.45, 7) is 2.08. The van der Waals surface area contributed by atoms with E-state index in [0.717, 1.165) is 15.9 Å². The van der Waals surface area contributed by atoms with Gasteiger partial charge < -0.3 is 4.74 Å². The van der Waals surface area contributed by atoms with Crippen LogP contribution in [0, 0.1) is 17.0 Å². The molecule has 0 radical (unpaired) electrons. The molecule has 0 bridgehead atoms. The Kier molecular flexibility index (Phi) is 3.84. The molecule has 0 N–H and O–H groups in total. The van der Waals surface area contributed by atoms with Crippen molar-refractivity contribution in [2.45, 2.75) is 13.5 Å². The summed E-state index contributed by atoms with van der Waals surface area (Å²) < 4.78 is 8.07. The lowest BCUT2D eigenvalue weighted by Gasteiger charge is -2.07. The minimum Gasteiger partial charge on any atom is -0.480 e. The van der Waals surface area contributed by atoms with E-state index in [4.69, 9.17) is 4.74 Å². The van der Waals surface area contributed by atoms with Crippen LogP contribution in [-0.4, -0.2) is 14.7 Å². The van der Waals surface area contributed by atoms with E-state index in [0.29, 0.717) is 0 Å². The predicted octanol–water partition coefficient (Wildman–Crippen LogP) is 2.98. The minimum atomic E-state index is -0.459. The highest BCUT2D eigenvalue weighted by Gasteiger charge is 2.16. The maximum Gasteiger partial charge on any atom is 0.310 e. The Morgan fingerprint density at radius 3 is 2.74 bits per heavy atom. The van der Waals surface area contributed by atoms with Crippen LogP contribution in [0.15, 0.2) is 28.7 Å². The lowest BCUT2D eigenvalue weighted by Crippen LogP contribution is -2.04. The molecule has 1 aromatic carbocycles. The lowest BCUT2D eigenvalue weighted by atomic mass is 10.3. The van der Waals surface area contributed by atoms with Crippen molar-refractivity contribution in [2.24, 2.45) is 7.05 Å². The molecule has 0 aliphatic carbocycles. The predicted molar refractivity (Wildman–Crippen MR) is 73.1 cm³/mol. The molecule has 0 saturated heterocycles. The van der Waals surface area contributed by atoms with Gasteiger partial charge >= 0.3 is 5.69 Å². The van der Waals surface area contributed by atoms with Crippen molar-refractivity contribution in [2.75, 3.05) is 0 Å². The summed E-state index contributed by atoms with van der Waals surface area (Å²) in [5.41, 5.74) is 1.64. The first kappa shape index (κ1) is 13.5. The molecule has 0 fully saturated rings. The zero-order chi connectivity index (χ0) is 14.0. The Bertz CT molecular complexity index is 625. The van der Waals surface area contributed by atoms with E-state index in [1.807, 2.05) is 6.92 Å². The van der Waals surface area contributed by atoms with Crippen LogP contribution in [0.3, 0.4) is 0 Å². The van der Waals surface area contributed by atoms with Gasteiger partial charge in [0.05, 0.1) is 20.8 Å². The van der Waals surface area contributed by atoms with E-state index in [9.17, 15) is 10.1 Å². The number of hydrogen-bond acceptors (Lipinski definition) is 4. The molecular weight excluding hydrogens is 314 g/mol. The van der Waals surface area contributed by atoms with E-state index in [1.165, 1.54) is 6.07 Å². The van der Waals surface area contributed by atoms with E-state index in [1.54, 1.807) is 29.9 Å². The van der Waals surface area contributed by atoms with E-state index < -0.39 is 4.92 Å². The van der Waals surface area contributed by atoms with Gasteiger partial charge in [-0.15, -0.1) is 0 Å². The highest BCUT2D eigenvalue weighted by molar-refractivity contribution is 9.10. The Balaban J connectivity index is 2.22. The Morgan fingerprint density at radius 2 is 2.16 bits per heavy atom. The molecular formula is C12H12BrN3O3. The summed E-state index contributed by atoms with van der Waals surface area (Å²) in [6, 6.07) is 6.30. The first-order valence-corrected chi connectivity index (χ1v) is 6.34. The van der Waals surface area contributed by atoms with Crippen molar-refractivity contribution in [3.63, 3.8) is 0 Å². The number of hydrogen-bond donors (Lipinski definition) is 0. The Morgan fingerprint density at radius 1 is 1.47 bits per heavy atom. The fourth-order valence-electron chi connectivity index (χ4n) is 1.71. The third-order valence-electron chi connectivity index (χ3n) is 2.69. The number of halogens is 1. The van der Waals surface area contributed by atoms with Gasteiger partial charge in [0.15, 0.2) is 5.75 Å². The zero-order valence-electron chi connectivity index (χ0n) is 10.5. The molecule has 100 valence electrons. The molecule has 1 heterocycles. The van der Waals surface area contributed by atoms with Crippen LogP contribution in [0.2, 0.25) is 0 Å². The fraction of sp³-hybridized carbons (Fsp3) is 0.250. The van der Waals surface area contributed by atoms with E-state index in [-0.39, 0.29) is 18.0 Å². The summed E-state index contributed by atoms with van der Waals surface area (Å²) >= 11 is 3.42. The van der Waals surface area contributed by atoms with Crippen LogP contribution in [0.1, 0.15) is 11.4 Å². The molecule has 2 aromatic rings. The standard InChI is InChI=1S/C12H12BrN3O3/c1-8-12(13)10(15(2)14-8)7-19-11-6-4-3-5-9(11)16(17)18/h3-6H,7H2,1-2H3. The molecule has 2 rings (SSSR count). The van der Waals surface area contributed by atoms with Gasteiger partial charge in [0, 0.05) is 13.1 Å². The summed E-state index contributed by atoms with van der Waals surface area (Å²) in [6.07, 6.45) is 0. The largest absolute Gasteiger partial charge is 0.480 e. The summed E-state index contributed by atoms with van der Waals surface area (Å²) in [4.78, 5) is 10.4. The van der Waals surface area contributed by atoms with Gasteiger partial charge in [-0.1, -0.05) is 12.1 Å². The molecule has 19 heavy (non-hydrogen) atoms. The fourth-order valence-corrected chi connectivity index (χ4v) is 2.16. The second kappa shape index (κ2) is 5.40. The van der Waals surface area contributed by atoms with E-state index >= 15 is 0 Å². The lowest BCUT2D eigenvalue weighted by molar-refractivity contribution is -0.385. The normalized spacial score (nSPS) is 10.5. The second-order valence-corrected chi connectivity index (χ2v) is 4.78. The summed E-state index contributed by atoms with van der Waals surface area (Å²) in [5.74, 6) is 0.248.